The summed E-state index contributed by atoms with van der Waals surface area (Å²) in [5, 5.41) is 3.23. The van der Waals surface area contributed by atoms with Crippen LogP contribution in [0.15, 0.2) is 18.2 Å². The van der Waals surface area contributed by atoms with Gasteiger partial charge in [0.05, 0.1) is 6.10 Å². The van der Waals surface area contributed by atoms with Gasteiger partial charge in [-0.1, -0.05) is 31.5 Å². The molecule has 1 aliphatic carbocycles. The van der Waals surface area contributed by atoms with E-state index < -0.39 is 0 Å². The molecule has 1 aromatic carbocycles. The monoisotopic (exact) mass is 261 g/mol. The van der Waals surface area contributed by atoms with E-state index in [1.165, 1.54) is 30.4 Å². The van der Waals surface area contributed by atoms with Crippen LogP contribution in [0, 0.1) is 18.8 Å². The van der Waals surface area contributed by atoms with Crippen LogP contribution in [0.3, 0.4) is 0 Å². The molecule has 0 aliphatic heterocycles. The third kappa shape index (κ3) is 3.97. The summed E-state index contributed by atoms with van der Waals surface area (Å²) in [5.74, 6) is 2.63. The quantitative estimate of drug-likeness (QED) is 0.887. The van der Waals surface area contributed by atoms with Crippen molar-refractivity contribution in [1.82, 2.24) is 5.32 Å². The molecule has 0 amide bonds. The third-order valence-corrected chi connectivity index (χ3v) is 4.01. The van der Waals surface area contributed by atoms with Gasteiger partial charge in [0.1, 0.15) is 5.75 Å². The molecule has 1 aliphatic rings. The highest BCUT2D eigenvalue weighted by Gasteiger charge is 2.25. The summed E-state index contributed by atoms with van der Waals surface area (Å²) < 4.78 is 6.29. The number of hydrogen-bond donors (Lipinski definition) is 1. The summed E-state index contributed by atoms with van der Waals surface area (Å²) in [4.78, 5) is 0. The fourth-order valence-corrected chi connectivity index (χ4v) is 3.30. The minimum Gasteiger partial charge on any atom is -0.490 e. The molecule has 0 saturated heterocycles. The standard InChI is InChI=1S/C17H27NO/c1-12-5-6-17(15(8-12)11-18-4)19-16-9-13(2)7-14(3)10-16/h5-6,8,13-14,16,18H,7,9-11H2,1-4H3. The molecule has 1 aromatic rings. The first-order valence-corrected chi connectivity index (χ1v) is 7.49. The zero-order valence-corrected chi connectivity index (χ0v) is 12.7. The van der Waals surface area contributed by atoms with Gasteiger partial charge in [-0.3, -0.25) is 0 Å². The Labute approximate surface area is 117 Å². The number of rotatable bonds is 4. The molecule has 0 aromatic heterocycles. The Balaban J connectivity index is 2.09. The first-order chi connectivity index (χ1) is 9.08. The lowest BCUT2D eigenvalue weighted by atomic mass is 9.82. The molecule has 1 N–H and O–H groups in total. The van der Waals surface area contributed by atoms with E-state index in [1.54, 1.807) is 0 Å². The maximum Gasteiger partial charge on any atom is 0.124 e. The van der Waals surface area contributed by atoms with E-state index in [9.17, 15) is 0 Å². The van der Waals surface area contributed by atoms with Crippen LogP contribution in [0.1, 0.15) is 44.2 Å². The van der Waals surface area contributed by atoms with Crippen molar-refractivity contribution in [2.24, 2.45) is 11.8 Å². The van der Waals surface area contributed by atoms with E-state index in [0.29, 0.717) is 6.10 Å². The van der Waals surface area contributed by atoms with Gasteiger partial charge >= 0.3 is 0 Å². The molecule has 0 heterocycles. The highest BCUT2D eigenvalue weighted by Crippen LogP contribution is 2.32. The summed E-state index contributed by atoms with van der Waals surface area (Å²) in [5.41, 5.74) is 2.57. The first kappa shape index (κ1) is 14.4. The van der Waals surface area contributed by atoms with E-state index in [1.807, 2.05) is 7.05 Å². The molecule has 2 nitrogen and oxygen atoms in total. The highest BCUT2D eigenvalue weighted by molar-refractivity contribution is 5.37. The smallest absolute Gasteiger partial charge is 0.124 e. The van der Waals surface area contributed by atoms with Crippen LogP contribution in [0.5, 0.6) is 5.75 Å². The maximum absolute atomic E-state index is 6.29. The number of ether oxygens (including phenoxy) is 1. The van der Waals surface area contributed by atoms with E-state index in [4.69, 9.17) is 4.74 Å². The molecule has 2 rings (SSSR count). The average Bonchev–Trinajstić information content (AvgIpc) is 2.32. The maximum atomic E-state index is 6.29. The zero-order chi connectivity index (χ0) is 13.8. The predicted molar refractivity (Wildman–Crippen MR) is 80.5 cm³/mol. The largest absolute Gasteiger partial charge is 0.490 e. The molecular formula is C17H27NO. The van der Waals surface area contributed by atoms with Crippen LogP contribution in [0.4, 0.5) is 0 Å². The molecule has 0 bridgehead atoms. The summed E-state index contributed by atoms with van der Waals surface area (Å²) in [6.45, 7) is 7.69. The molecule has 1 fully saturated rings. The van der Waals surface area contributed by atoms with E-state index in [0.717, 1.165) is 24.1 Å². The summed E-state index contributed by atoms with van der Waals surface area (Å²) in [7, 11) is 1.98. The molecule has 0 spiro atoms. The van der Waals surface area contributed by atoms with Crippen molar-refractivity contribution in [3.8, 4) is 5.75 Å². The zero-order valence-electron chi connectivity index (χ0n) is 12.7. The van der Waals surface area contributed by atoms with Crippen molar-refractivity contribution in [2.75, 3.05) is 7.05 Å². The first-order valence-electron chi connectivity index (χ1n) is 7.49. The average molecular weight is 261 g/mol. The Morgan fingerprint density at radius 1 is 1.16 bits per heavy atom. The lowest BCUT2D eigenvalue weighted by Gasteiger charge is -2.32. The summed E-state index contributed by atoms with van der Waals surface area (Å²) >= 11 is 0. The van der Waals surface area contributed by atoms with Gasteiger partial charge in [-0.15, -0.1) is 0 Å². The fraction of sp³-hybridized carbons (Fsp3) is 0.647. The van der Waals surface area contributed by atoms with Gasteiger partial charge in [0.15, 0.2) is 0 Å². The van der Waals surface area contributed by atoms with Gasteiger partial charge in [-0.2, -0.15) is 0 Å². The van der Waals surface area contributed by atoms with Gasteiger partial charge < -0.3 is 10.1 Å². The second-order valence-electron chi connectivity index (χ2n) is 6.30. The lowest BCUT2D eigenvalue weighted by molar-refractivity contribution is 0.1000. The second kappa shape index (κ2) is 6.42. The predicted octanol–water partition coefficient (Wildman–Crippen LogP) is 3.92. The van der Waals surface area contributed by atoms with Crippen LogP contribution in [-0.2, 0) is 6.54 Å². The fourth-order valence-electron chi connectivity index (χ4n) is 3.30. The minimum absolute atomic E-state index is 0.386. The lowest BCUT2D eigenvalue weighted by Crippen LogP contribution is -2.29. The molecule has 2 atom stereocenters. The topological polar surface area (TPSA) is 21.3 Å². The number of nitrogens with one attached hydrogen (secondary N) is 1. The van der Waals surface area contributed by atoms with E-state index >= 15 is 0 Å². The normalized spacial score (nSPS) is 27.3. The van der Waals surface area contributed by atoms with Crippen molar-refractivity contribution in [3.63, 3.8) is 0 Å². The van der Waals surface area contributed by atoms with Crippen LogP contribution in [0.25, 0.3) is 0 Å². The molecule has 106 valence electrons. The Kier molecular flexibility index (Phi) is 4.87. The van der Waals surface area contributed by atoms with Crippen molar-refractivity contribution in [1.29, 1.82) is 0 Å². The summed E-state index contributed by atoms with van der Waals surface area (Å²) in [6, 6.07) is 6.50. The van der Waals surface area contributed by atoms with Gasteiger partial charge in [0.2, 0.25) is 0 Å². The van der Waals surface area contributed by atoms with Crippen LogP contribution in [-0.4, -0.2) is 13.2 Å². The molecule has 2 heteroatoms. The Morgan fingerprint density at radius 2 is 1.84 bits per heavy atom. The number of benzene rings is 1. The Hall–Kier alpha value is -1.02. The second-order valence-corrected chi connectivity index (χ2v) is 6.30. The van der Waals surface area contributed by atoms with Gasteiger partial charge in [-0.05, 0) is 51.1 Å². The van der Waals surface area contributed by atoms with Gasteiger partial charge in [0, 0.05) is 12.1 Å². The van der Waals surface area contributed by atoms with Crippen molar-refractivity contribution < 1.29 is 4.74 Å². The summed E-state index contributed by atoms with van der Waals surface area (Å²) in [6.07, 6.45) is 4.11. The van der Waals surface area contributed by atoms with Crippen molar-refractivity contribution in [3.05, 3.63) is 29.3 Å². The van der Waals surface area contributed by atoms with Crippen LogP contribution >= 0.6 is 0 Å². The minimum atomic E-state index is 0.386. The van der Waals surface area contributed by atoms with Crippen molar-refractivity contribution >= 4 is 0 Å². The number of hydrogen-bond acceptors (Lipinski definition) is 2. The molecule has 1 saturated carbocycles. The van der Waals surface area contributed by atoms with Crippen LogP contribution < -0.4 is 10.1 Å². The Morgan fingerprint density at radius 3 is 2.47 bits per heavy atom. The van der Waals surface area contributed by atoms with Gasteiger partial charge in [-0.25, -0.2) is 0 Å². The van der Waals surface area contributed by atoms with E-state index in [2.05, 4.69) is 44.3 Å². The molecule has 19 heavy (non-hydrogen) atoms. The molecule has 2 unspecified atom stereocenters. The molecular weight excluding hydrogens is 234 g/mol. The van der Waals surface area contributed by atoms with Gasteiger partial charge in [0.25, 0.3) is 0 Å². The Bertz CT molecular complexity index is 406. The van der Waals surface area contributed by atoms with Crippen LogP contribution in [0.2, 0.25) is 0 Å². The third-order valence-electron chi connectivity index (χ3n) is 4.01. The molecule has 0 radical (unpaired) electrons. The van der Waals surface area contributed by atoms with E-state index in [-0.39, 0.29) is 0 Å². The number of aryl methyl sites for hydroxylation is 1. The SMILES string of the molecule is CNCc1cc(C)ccc1OC1CC(C)CC(C)C1. The van der Waals surface area contributed by atoms with Crippen molar-refractivity contribution in [2.45, 2.75) is 52.7 Å². The highest BCUT2D eigenvalue weighted by atomic mass is 16.5.